The maximum Gasteiger partial charge on any atom is 0.254 e. The lowest BCUT2D eigenvalue weighted by Gasteiger charge is -2.16. The molecule has 1 aromatic heterocycles. The Morgan fingerprint density at radius 3 is 2.79 bits per heavy atom. The van der Waals surface area contributed by atoms with Gasteiger partial charge in [0, 0.05) is 0 Å². The van der Waals surface area contributed by atoms with Crippen molar-refractivity contribution in [1.82, 2.24) is 15.3 Å². The first-order chi connectivity index (χ1) is 11.6. The van der Waals surface area contributed by atoms with Crippen molar-refractivity contribution in [3.8, 4) is 5.75 Å². The minimum Gasteiger partial charge on any atom is -0.497 e. The number of imidazole rings is 1. The SMILES string of the molecule is COc1cccc(C(O)C(=O)NC(C)c2nc3ccccc3[nH]2)c1. The third kappa shape index (κ3) is 3.23. The van der Waals surface area contributed by atoms with Gasteiger partial charge in [0.1, 0.15) is 11.6 Å². The van der Waals surface area contributed by atoms with E-state index in [9.17, 15) is 9.90 Å². The fraction of sp³-hybridized carbons (Fsp3) is 0.222. The van der Waals surface area contributed by atoms with Gasteiger partial charge in [-0.05, 0) is 36.8 Å². The van der Waals surface area contributed by atoms with Crippen molar-refractivity contribution in [3.05, 3.63) is 59.9 Å². The molecule has 2 atom stereocenters. The number of fused-ring (bicyclic) bond motifs is 1. The number of amides is 1. The lowest BCUT2D eigenvalue weighted by molar-refractivity contribution is -0.130. The monoisotopic (exact) mass is 325 g/mol. The van der Waals surface area contributed by atoms with Gasteiger partial charge in [-0.15, -0.1) is 0 Å². The summed E-state index contributed by atoms with van der Waals surface area (Å²) in [4.78, 5) is 19.9. The number of H-pyrrole nitrogens is 1. The second-order valence-corrected chi connectivity index (χ2v) is 5.55. The number of hydrogen-bond donors (Lipinski definition) is 3. The lowest BCUT2D eigenvalue weighted by atomic mass is 10.1. The second kappa shape index (κ2) is 6.72. The third-order valence-electron chi connectivity index (χ3n) is 3.83. The van der Waals surface area contributed by atoms with E-state index in [0.29, 0.717) is 17.1 Å². The predicted octanol–water partition coefficient (Wildman–Crippen LogP) is 2.48. The van der Waals surface area contributed by atoms with Crippen LogP contribution in [-0.4, -0.2) is 28.1 Å². The number of carbonyl (C=O) groups excluding carboxylic acids is 1. The molecular formula is C18H19N3O3. The molecule has 3 aromatic rings. The Kier molecular flexibility index (Phi) is 4.48. The quantitative estimate of drug-likeness (QED) is 0.672. The van der Waals surface area contributed by atoms with Crippen molar-refractivity contribution < 1.29 is 14.6 Å². The molecule has 0 fully saturated rings. The van der Waals surface area contributed by atoms with Crippen LogP contribution in [0.5, 0.6) is 5.75 Å². The first-order valence-corrected chi connectivity index (χ1v) is 7.65. The van der Waals surface area contributed by atoms with Gasteiger partial charge in [-0.3, -0.25) is 4.79 Å². The highest BCUT2D eigenvalue weighted by atomic mass is 16.5. The molecule has 0 aliphatic carbocycles. The summed E-state index contributed by atoms with van der Waals surface area (Å²) in [5, 5.41) is 13.0. The predicted molar refractivity (Wildman–Crippen MR) is 90.6 cm³/mol. The van der Waals surface area contributed by atoms with Crippen LogP contribution in [-0.2, 0) is 4.79 Å². The Labute approximate surface area is 139 Å². The molecule has 0 aliphatic heterocycles. The van der Waals surface area contributed by atoms with E-state index in [1.807, 2.05) is 31.2 Å². The molecule has 6 nitrogen and oxygen atoms in total. The van der Waals surface area contributed by atoms with Crippen molar-refractivity contribution in [2.75, 3.05) is 7.11 Å². The Morgan fingerprint density at radius 1 is 1.25 bits per heavy atom. The summed E-state index contributed by atoms with van der Waals surface area (Å²) in [6.07, 6.45) is -1.27. The Balaban J connectivity index is 1.73. The molecule has 0 saturated heterocycles. The van der Waals surface area contributed by atoms with Crippen molar-refractivity contribution in [2.24, 2.45) is 0 Å². The van der Waals surface area contributed by atoms with Gasteiger partial charge < -0.3 is 20.1 Å². The van der Waals surface area contributed by atoms with Gasteiger partial charge in [-0.1, -0.05) is 24.3 Å². The molecule has 0 saturated carbocycles. The zero-order chi connectivity index (χ0) is 17.1. The lowest BCUT2D eigenvalue weighted by Crippen LogP contribution is -2.32. The standard InChI is InChI=1S/C18H19N3O3/c1-11(17-20-14-8-3-4-9-15(14)21-17)19-18(23)16(22)12-6-5-7-13(10-12)24-2/h3-11,16,22H,1-2H3,(H,19,23)(H,20,21). The van der Waals surface area contributed by atoms with Crippen LogP contribution >= 0.6 is 0 Å². The maximum atomic E-state index is 12.3. The number of ether oxygens (including phenoxy) is 1. The summed E-state index contributed by atoms with van der Waals surface area (Å²) in [6, 6.07) is 14.1. The number of carbonyl (C=O) groups is 1. The van der Waals surface area contributed by atoms with Crippen LogP contribution in [0.3, 0.4) is 0 Å². The van der Waals surface area contributed by atoms with Crippen LogP contribution < -0.4 is 10.1 Å². The number of aliphatic hydroxyl groups excluding tert-OH is 1. The van der Waals surface area contributed by atoms with Gasteiger partial charge in [-0.2, -0.15) is 0 Å². The van der Waals surface area contributed by atoms with Gasteiger partial charge in [0.15, 0.2) is 6.10 Å². The van der Waals surface area contributed by atoms with Crippen molar-refractivity contribution >= 4 is 16.9 Å². The minimum absolute atomic E-state index is 0.356. The number of aromatic amines is 1. The summed E-state index contributed by atoms with van der Waals surface area (Å²) < 4.78 is 5.11. The average molecular weight is 325 g/mol. The topological polar surface area (TPSA) is 87.2 Å². The van der Waals surface area contributed by atoms with E-state index in [-0.39, 0.29) is 6.04 Å². The van der Waals surface area contributed by atoms with E-state index in [0.717, 1.165) is 11.0 Å². The van der Waals surface area contributed by atoms with Gasteiger partial charge in [0.25, 0.3) is 5.91 Å². The maximum absolute atomic E-state index is 12.3. The Bertz CT molecular complexity index is 826. The summed E-state index contributed by atoms with van der Waals surface area (Å²) >= 11 is 0. The number of nitrogens with zero attached hydrogens (tertiary/aromatic N) is 1. The van der Waals surface area contributed by atoms with Gasteiger partial charge >= 0.3 is 0 Å². The average Bonchev–Trinajstić information content (AvgIpc) is 3.05. The molecule has 1 heterocycles. The first kappa shape index (κ1) is 16.0. The van der Waals surface area contributed by atoms with E-state index >= 15 is 0 Å². The largest absolute Gasteiger partial charge is 0.497 e. The molecule has 0 spiro atoms. The number of methoxy groups -OCH3 is 1. The summed E-state index contributed by atoms with van der Waals surface area (Å²) in [7, 11) is 1.54. The van der Waals surface area contributed by atoms with E-state index < -0.39 is 12.0 Å². The molecule has 3 rings (SSSR count). The molecule has 3 N–H and O–H groups in total. The number of nitrogens with one attached hydrogen (secondary N) is 2. The highest BCUT2D eigenvalue weighted by Gasteiger charge is 2.21. The van der Waals surface area contributed by atoms with Crippen LogP contribution in [0.2, 0.25) is 0 Å². The Hall–Kier alpha value is -2.86. The van der Waals surface area contributed by atoms with E-state index in [2.05, 4.69) is 15.3 Å². The second-order valence-electron chi connectivity index (χ2n) is 5.55. The number of benzene rings is 2. The summed E-state index contributed by atoms with van der Waals surface area (Å²) in [5.74, 6) is 0.739. The van der Waals surface area contributed by atoms with Crippen LogP contribution in [0, 0.1) is 0 Å². The zero-order valence-corrected chi connectivity index (χ0v) is 13.5. The number of hydrogen-bond acceptors (Lipinski definition) is 4. The van der Waals surface area contributed by atoms with E-state index in [1.54, 1.807) is 24.3 Å². The highest BCUT2D eigenvalue weighted by molar-refractivity contribution is 5.82. The fourth-order valence-corrected chi connectivity index (χ4v) is 2.50. The first-order valence-electron chi connectivity index (χ1n) is 7.65. The van der Waals surface area contributed by atoms with Crippen molar-refractivity contribution in [3.63, 3.8) is 0 Å². The molecule has 0 radical (unpaired) electrons. The molecule has 2 aromatic carbocycles. The highest BCUT2D eigenvalue weighted by Crippen LogP contribution is 2.21. The van der Waals surface area contributed by atoms with Crippen LogP contribution in [0.25, 0.3) is 11.0 Å². The van der Waals surface area contributed by atoms with Crippen molar-refractivity contribution in [1.29, 1.82) is 0 Å². The smallest absolute Gasteiger partial charge is 0.254 e. The molecule has 24 heavy (non-hydrogen) atoms. The van der Waals surface area contributed by atoms with Gasteiger partial charge in [0.05, 0.1) is 24.2 Å². The summed E-state index contributed by atoms with van der Waals surface area (Å²) in [5.41, 5.74) is 2.22. The van der Waals surface area contributed by atoms with Gasteiger partial charge in [0.2, 0.25) is 0 Å². The van der Waals surface area contributed by atoms with E-state index in [1.165, 1.54) is 7.11 Å². The molecule has 1 amide bonds. The van der Waals surface area contributed by atoms with Crippen LogP contribution in [0.4, 0.5) is 0 Å². The molecule has 0 bridgehead atoms. The fourth-order valence-electron chi connectivity index (χ4n) is 2.50. The number of aliphatic hydroxyl groups is 1. The molecular weight excluding hydrogens is 306 g/mol. The van der Waals surface area contributed by atoms with E-state index in [4.69, 9.17) is 4.74 Å². The molecule has 6 heteroatoms. The molecule has 2 unspecified atom stereocenters. The number of para-hydroxylation sites is 2. The minimum atomic E-state index is -1.27. The van der Waals surface area contributed by atoms with Gasteiger partial charge in [-0.25, -0.2) is 4.98 Å². The molecule has 0 aliphatic rings. The Morgan fingerprint density at radius 2 is 2.04 bits per heavy atom. The van der Waals surface area contributed by atoms with Crippen molar-refractivity contribution in [2.45, 2.75) is 19.1 Å². The van der Waals surface area contributed by atoms with Crippen LogP contribution in [0.15, 0.2) is 48.5 Å². The third-order valence-corrected chi connectivity index (χ3v) is 3.83. The normalized spacial score (nSPS) is 13.5. The van der Waals surface area contributed by atoms with Crippen LogP contribution in [0.1, 0.15) is 30.5 Å². The zero-order valence-electron chi connectivity index (χ0n) is 13.5. The number of aromatic nitrogens is 2. The summed E-state index contributed by atoms with van der Waals surface area (Å²) in [6.45, 7) is 1.81. The number of rotatable bonds is 5. The molecule has 124 valence electrons.